The van der Waals surface area contributed by atoms with Crippen molar-refractivity contribution in [1.29, 1.82) is 0 Å². The highest BCUT2D eigenvalue weighted by atomic mass is 16.6. The number of rotatable bonds is 7. The van der Waals surface area contributed by atoms with Gasteiger partial charge in [0.05, 0.1) is 20.3 Å². The van der Waals surface area contributed by atoms with Crippen LogP contribution >= 0.6 is 0 Å². The van der Waals surface area contributed by atoms with Crippen molar-refractivity contribution in [3.8, 4) is 5.75 Å². The molecule has 0 atom stereocenters. The molecular formula is C18H27N3O4. The van der Waals surface area contributed by atoms with Gasteiger partial charge in [-0.05, 0) is 37.5 Å². The van der Waals surface area contributed by atoms with Crippen molar-refractivity contribution in [3.63, 3.8) is 0 Å². The third kappa shape index (κ3) is 6.26. The van der Waals surface area contributed by atoms with E-state index in [-0.39, 0.29) is 24.6 Å². The molecule has 2 rings (SSSR count). The van der Waals surface area contributed by atoms with E-state index in [2.05, 4.69) is 10.6 Å². The van der Waals surface area contributed by atoms with E-state index in [9.17, 15) is 9.59 Å². The number of hydrogen-bond acceptors (Lipinski definition) is 5. The highest BCUT2D eigenvalue weighted by molar-refractivity contribution is 5.78. The SMILES string of the molecule is CCOC(=O)N1CCC(NC(=O)CNCc2ccc(OC)cc2)CC1. The fraction of sp³-hybridized carbons (Fsp3) is 0.556. The summed E-state index contributed by atoms with van der Waals surface area (Å²) in [7, 11) is 1.63. The quantitative estimate of drug-likeness (QED) is 0.780. The lowest BCUT2D eigenvalue weighted by Crippen LogP contribution is -2.48. The van der Waals surface area contributed by atoms with Crippen LogP contribution in [0.25, 0.3) is 0 Å². The lowest BCUT2D eigenvalue weighted by molar-refractivity contribution is -0.121. The normalized spacial score (nSPS) is 14.9. The Hall–Kier alpha value is -2.28. The molecular weight excluding hydrogens is 322 g/mol. The molecule has 1 aromatic rings. The van der Waals surface area contributed by atoms with Gasteiger partial charge in [0.1, 0.15) is 5.75 Å². The van der Waals surface area contributed by atoms with Crippen molar-refractivity contribution in [2.45, 2.75) is 32.4 Å². The molecule has 0 spiro atoms. The summed E-state index contributed by atoms with van der Waals surface area (Å²) in [5.41, 5.74) is 1.09. The number of nitrogens with zero attached hydrogens (tertiary/aromatic N) is 1. The van der Waals surface area contributed by atoms with E-state index in [0.717, 1.165) is 24.2 Å². The number of benzene rings is 1. The van der Waals surface area contributed by atoms with E-state index in [1.807, 2.05) is 24.3 Å². The first-order valence-electron chi connectivity index (χ1n) is 8.67. The Morgan fingerprint density at radius 2 is 1.88 bits per heavy atom. The molecule has 2 amide bonds. The fourth-order valence-corrected chi connectivity index (χ4v) is 2.76. The first-order valence-corrected chi connectivity index (χ1v) is 8.67. The summed E-state index contributed by atoms with van der Waals surface area (Å²) in [5, 5.41) is 6.15. The molecule has 0 saturated carbocycles. The molecule has 1 aliphatic rings. The first-order chi connectivity index (χ1) is 12.1. The van der Waals surface area contributed by atoms with E-state index in [0.29, 0.717) is 26.2 Å². The molecule has 138 valence electrons. The zero-order valence-corrected chi connectivity index (χ0v) is 14.9. The van der Waals surface area contributed by atoms with Gasteiger partial charge in [-0.2, -0.15) is 0 Å². The summed E-state index contributed by atoms with van der Waals surface area (Å²) >= 11 is 0. The predicted molar refractivity (Wildman–Crippen MR) is 94.5 cm³/mol. The van der Waals surface area contributed by atoms with E-state index in [1.165, 1.54) is 0 Å². The van der Waals surface area contributed by atoms with Crippen LogP contribution in [0.4, 0.5) is 4.79 Å². The van der Waals surface area contributed by atoms with Crippen LogP contribution in [0.2, 0.25) is 0 Å². The third-order valence-corrected chi connectivity index (χ3v) is 4.16. The lowest BCUT2D eigenvalue weighted by atomic mass is 10.1. The Morgan fingerprint density at radius 3 is 2.48 bits per heavy atom. The molecule has 1 aromatic carbocycles. The summed E-state index contributed by atoms with van der Waals surface area (Å²) < 4.78 is 10.1. The fourth-order valence-electron chi connectivity index (χ4n) is 2.76. The Labute approximate surface area is 148 Å². The number of hydrogen-bond donors (Lipinski definition) is 2. The highest BCUT2D eigenvalue weighted by Gasteiger charge is 2.24. The summed E-state index contributed by atoms with van der Waals surface area (Å²) in [5.74, 6) is 0.791. The van der Waals surface area contributed by atoms with Crippen LogP contribution in [-0.2, 0) is 16.1 Å². The minimum Gasteiger partial charge on any atom is -0.497 e. The van der Waals surface area contributed by atoms with Crippen molar-refractivity contribution >= 4 is 12.0 Å². The van der Waals surface area contributed by atoms with Crippen molar-refractivity contribution in [2.75, 3.05) is 33.4 Å². The first kappa shape index (κ1) is 19.1. The minimum atomic E-state index is -0.270. The van der Waals surface area contributed by atoms with Gasteiger partial charge in [0, 0.05) is 25.7 Å². The Kier molecular flexibility index (Phi) is 7.53. The average molecular weight is 349 g/mol. The summed E-state index contributed by atoms with van der Waals surface area (Å²) in [6, 6.07) is 7.84. The van der Waals surface area contributed by atoms with Crippen LogP contribution in [0.1, 0.15) is 25.3 Å². The zero-order valence-electron chi connectivity index (χ0n) is 14.9. The van der Waals surface area contributed by atoms with E-state index < -0.39 is 0 Å². The van der Waals surface area contributed by atoms with Gasteiger partial charge in [-0.25, -0.2) is 4.79 Å². The van der Waals surface area contributed by atoms with Crippen LogP contribution in [-0.4, -0.2) is 56.3 Å². The lowest BCUT2D eigenvalue weighted by Gasteiger charge is -2.31. The van der Waals surface area contributed by atoms with Crippen LogP contribution in [0.5, 0.6) is 5.75 Å². The maximum atomic E-state index is 12.0. The largest absolute Gasteiger partial charge is 0.497 e. The second-order valence-electron chi connectivity index (χ2n) is 5.98. The number of piperidine rings is 1. The van der Waals surface area contributed by atoms with E-state index in [1.54, 1.807) is 18.9 Å². The Bertz CT molecular complexity index is 554. The van der Waals surface area contributed by atoms with E-state index in [4.69, 9.17) is 9.47 Å². The average Bonchev–Trinajstić information content (AvgIpc) is 2.63. The second kappa shape index (κ2) is 9.88. The smallest absolute Gasteiger partial charge is 0.409 e. The zero-order chi connectivity index (χ0) is 18.1. The number of likely N-dealkylation sites (tertiary alicyclic amines) is 1. The molecule has 2 N–H and O–H groups in total. The minimum absolute atomic E-state index is 0.0249. The van der Waals surface area contributed by atoms with Gasteiger partial charge in [-0.1, -0.05) is 12.1 Å². The standard InChI is InChI=1S/C18H27N3O4/c1-3-25-18(23)21-10-8-15(9-11-21)20-17(22)13-19-12-14-4-6-16(24-2)7-5-14/h4-7,15,19H,3,8-13H2,1-2H3,(H,20,22). The number of carbonyl (C=O) groups is 2. The van der Waals surface area contributed by atoms with Crippen molar-refractivity contribution in [1.82, 2.24) is 15.5 Å². The molecule has 0 bridgehead atoms. The van der Waals surface area contributed by atoms with Gasteiger partial charge < -0.3 is 25.0 Å². The molecule has 7 heteroatoms. The molecule has 0 unspecified atom stereocenters. The molecule has 7 nitrogen and oxygen atoms in total. The van der Waals surface area contributed by atoms with Gasteiger partial charge in [0.2, 0.25) is 5.91 Å². The van der Waals surface area contributed by atoms with Gasteiger partial charge in [-0.3, -0.25) is 4.79 Å². The molecule has 1 saturated heterocycles. The summed E-state index contributed by atoms with van der Waals surface area (Å²) in [4.78, 5) is 25.4. The third-order valence-electron chi connectivity index (χ3n) is 4.16. The molecule has 25 heavy (non-hydrogen) atoms. The van der Waals surface area contributed by atoms with Crippen LogP contribution in [0.3, 0.4) is 0 Å². The van der Waals surface area contributed by atoms with Crippen LogP contribution < -0.4 is 15.4 Å². The van der Waals surface area contributed by atoms with Crippen LogP contribution in [0, 0.1) is 0 Å². The predicted octanol–water partition coefficient (Wildman–Crippen LogP) is 1.52. The molecule has 1 fully saturated rings. The Morgan fingerprint density at radius 1 is 1.20 bits per heavy atom. The number of amides is 2. The van der Waals surface area contributed by atoms with Crippen molar-refractivity contribution in [2.24, 2.45) is 0 Å². The molecule has 1 aliphatic heterocycles. The highest BCUT2D eigenvalue weighted by Crippen LogP contribution is 2.12. The van der Waals surface area contributed by atoms with Gasteiger partial charge in [0.25, 0.3) is 0 Å². The van der Waals surface area contributed by atoms with Crippen molar-refractivity contribution in [3.05, 3.63) is 29.8 Å². The van der Waals surface area contributed by atoms with Crippen molar-refractivity contribution < 1.29 is 19.1 Å². The number of nitrogens with one attached hydrogen (secondary N) is 2. The van der Waals surface area contributed by atoms with Crippen LogP contribution in [0.15, 0.2) is 24.3 Å². The maximum absolute atomic E-state index is 12.0. The molecule has 0 radical (unpaired) electrons. The Balaban J connectivity index is 1.63. The molecule has 1 heterocycles. The molecule has 0 aliphatic carbocycles. The number of ether oxygens (including phenoxy) is 2. The summed E-state index contributed by atoms with van der Waals surface area (Å²) in [6.07, 6.45) is 1.24. The maximum Gasteiger partial charge on any atom is 0.409 e. The number of carbonyl (C=O) groups excluding carboxylic acids is 2. The van der Waals surface area contributed by atoms with E-state index >= 15 is 0 Å². The van der Waals surface area contributed by atoms with Gasteiger partial charge in [0.15, 0.2) is 0 Å². The summed E-state index contributed by atoms with van der Waals surface area (Å²) in [6.45, 7) is 4.30. The monoisotopic (exact) mass is 349 g/mol. The topological polar surface area (TPSA) is 79.9 Å². The second-order valence-corrected chi connectivity index (χ2v) is 5.98. The van der Waals surface area contributed by atoms with Gasteiger partial charge >= 0.3 is 6.09 Å². The number of methoxy groups -OCH3 is 1. The molecule has 0 aromatic heterocycles. The van der Waals surface area contributed by atoms with Gasteiger partial charge in [-0.15, -0.1) is 0 Å².